The number of esters is 2. The lowest BCUT2D eigenvalue weighted by Crippen LogP contribution is -2.41. The lowest BCUT2D eigenvalue weighted by atomic mass is 9.97. The van der Waals surface area contributed by atoms with Crippen molar-refractivity contribution in [3.63, 3.8) is 0 Å². The predicted molar refractivity (Wildman–Crippen MR) is 147 cm³/mol. The first-order chi connectivity index (χ1) is 18.9. The molecule has 2 aromatic carbocycles. The third-order valence-corrected chi connectivity index (χ3v) is 6.42. The summed E-state index contributed by atoms with van der Waals surface area (Å²) < 4.78 is 10.9. The Morgan fingerprint density at radius 2 is 1.73 bits per heavy atom. The molecule has 0 aliphatic heterocycles. The number of aromatic nitrogens is 2. The number of aromatic hydroxyl groups is 1. The highest BCUT2D eigenvalue weighted by molar-refractivity contribution is 6.30. The fraction of sp³-hybridized carbons (Fsp3) is 0.357. The minimum atomic E-state index is -1.63. The number of aliphatic hydroxyl groups is 1. The maximum Gasteiger partial charge on any atom is 0.337 e. The number of aliphatic hydroxyl groups excluding tert-OH is 1. The summed E-state index contributed by atoms with van der Waals surface area (Å²) in [7, 11) is 1.48. The molecule has 0 radical (unpaired) electrons. The van der Waals surface area contributed by atoms with E-state index in [4.69, 9.17) is 26.8 Å². The Morgan fingerprint density at radius 3 is 2.33 bits per heavy atom. The summed E-state index contributed by atoms with van der Waals surface area (Å²) in [6.45, 7) is 2.78. The van der Waals surface area contributed by atoms with Crippen LogP contribution >= 0.6 is 11.6 Å². The molecule has 0 spiro atoms. The SMILES string of the molecule is CC(C)[C@H](N)C(=O)OCOC(=O)C(O)C[C@@H](Cc1ccc(-c2cccc(Cl)c2)cc1)NC(=O)c1cc(O)n(C)n1. The number of nitrogens with one attached hydrogen (secondary N) is 1. The average Bonchev–Trinajstić information content (AvgIpc) is 3.26. The molecule has 214 valence electrons. The van der Waals surface area contributed by atoms with Crippen LogP contribution in [0.15, 0.2) is 54.6 Å². The zero-order valence-electron chi connectivity index (χ0n) is 22.4. The smallest absolute Gasteiger partial charge is 0.337 e. The number of ether oxygens (including phenoxy) is 2. The van der Waals surface area contributed by atoms with Gasteiger partial charge < -0.3 is 30.7 Å². The number of hydrogen-bond acceptors (Lipinski definition) is 9. The lowest BCUT2D eigenvalue weighted by molar-refractivity contribution is -0.174. The van der Waals surface area contributed by atoms with Crippen molar-refractivity contribution < 1.29 is 34.1 Å². The Morgan fingerprint density at radius 1 is 1.05 bits per heavy atom. The van der Waals surface area contributed by atoms with Gasteiger partial charge in [0.15, 0.2) is 11.8 Å². The highest BCUT2D eigenvalue weighted by atomic mass is 35.5. The number of carbonyl (C=O) groups is 3. The van der Waals surface area contributed by atoms with Gasteiger partial charge in [0.05, 0.1) is 0 Å². The number of carbonyl (C=O) groups excluding carboxylic acids is 3. The van der Waals surface area contributed by atoms with Gasteiger partial charge in [-0.3, -0.25) is 9.59 Å². The van der Waals surface area contributed by atoms with Gasteiger partial charge in [-0.2, -0.15) is 5.10 Å². The largest absolute Gasteiger partial charge is 0.493 e. The van der Waals surface area contributed by atoms with E-state index >= 15 is 0 Å². The zero-order chi connectivity index (χ0) is 29.4. The molecule has 11 nitrogen and oxygen atoms in total. The van der Waals surface area contributed by atoms with Gasteiger partial charge >= 0.3 is 11.9 Å². The fourth-order valence-corrected chi connectivity index (χ4v) is 3.97. The molecule has 1 unspecified atom stereocenters. The lowest BCUT2D eigenvalue weighted by Gasteiger charge is -2.21. The van der Waals surface area contributed by atoms with Crippen LogP contribution in [0, 0.1) is 5.92 Å². The van der Waals surface area contributed by atoms with Crippen LogP contribution in [0.4, 0.5) is 0 Å². The van der Waals surface area contributed by atoms with E-state index in [1.165, 1.54) is 13.1 Å². The number of aryl methyl sites for hydroxylation is 1. The summed E-state index contributed by atoms with van der Waals surface area (Å²) in [6.07, 6.45) is -1.59. The molecule has 0 bridgehead atoms. The van der Waals surface area contributed by atoms with Gasteiger partial charge in [-0.25, -0.2) is 9.48 Å². The summed E-state index contributed by atoms with van der Waals surface area (Å²) in [4.78, 5) is 37.1. The van der Waals surface area contributed by atoms with Crippen LogP contribution < -0.4 is 11.1 Å². The normalized spacial score (nSPS) is 13.4. The first-order valence-electron chi connectivity index (χ1n) is 12.6. The number of rotatable bonds is 12. The molecule has 0 aliphatic carbocycles. The van der Waals surface area contributed by atoms with Crippen LogP contribution in [0.5, 0.6) is 5.88 Å². The molecule has 0 saturated heterocycles. The van der Waals surface area contributed by atoms with E-state index in [1.54, 1.807) is 19.9 Å². The second kappa shape index (κ2) is 13.9. The van der Waals surface area contributed by atoms with Crippen LogP contribution in [0.25, 0.3) is 11.1 Å². The van der Waals surface area contributed by atoms with Crippen molar-refractivity contribution in [1.29, 1.82) is 0 Å². The molecule has 12 heteroatoms. The van der Waals surface area contributed by atoms with E-state index in [0.29, 0.717) is 5.02 Å². The van der Waals surface area contributed by atoms with E-state index in [1.807, 2.05) is 42.5 Å². The minimum Gasteiger partial charge on any atom is -0.493 e. The zero-order valence-corrected chi connectivity index (χ0v) is 23.2. The number of benzene rings is 2. The van der Waals surface area contributed by atoms with Gasteiger partial charge in [-0.05, 0) is 41.2 Å². The predicted octanol–water partition coefficient (Wildman–Crippen LogP) is 2.57. The van der Waals surface area contributed by atoms with Gasteiger partial charge in [0.25, 0.3) is 5.91 Å². The van der Waals surface area contributed by atoms with E-state index in [-0.39, 0.29) is 30.3 Å². The van der Waals surface area contributed by atoms with Crippen LogP contribution in [-0.4, -0.2) is 62.8 Å². The Hall–Kier alpha value is -3.93. The molecule has 0 saturated carbocycles. The van der Waals surface area contributed by atoms with E-state index in [9.17, 15) is 24.6 Å². The van der Waals surface area contributed by atoms with Crippen LogP contribution in [0.1, 0.15) is 36.3 Å². The first kappa shape index (κ1) is 30.6. The molecule has 0 fully saturated rings. The number of hydrogen-bond donors (Lipinski definition) is 4. The monoisotopic (exact) mass is 572 g/mol. The quantitative estimate of drug-likeness (QED) is 0.188. The molecule has 5 N–H and O–H groups in total. The summed E-state index contributed by atoms with van der Waals surface area (Å²) in [5, 5.41) is 27.6. The Kier molecular flexibility index (Phi) is 10.7. The molecule has 1 heterocycles. The Bertz CT molecular complexity index is 1310. The van der Waals surface area contributed by atoms with Gasteiger partial charge in [0.1, 0.15) is 6.04 Å². The van der Waals surface area contributed by atoms with Crippen LogP contribution in [0.2, 0.25) is 5.02 Å². The molecule has 3 rings (SSSR count). The summed E-state index contributed by atoms with van der Waals surface area (Å²) >= 11 is 6.10. The molecule has 3 atom stereocenters. The number of nitrogens with two attached hydrogens (primary N) is 1. The molecule has 1 amide bonds. The third kappa shape index (κ3) is 8.54. The van der Waals surface area contributed by atoms with Gasteiger partial charge in [0, 0.05) is 30.6 Å². The standard InChI is InChI=1S/C28H33ClN4O7/c1-16(2)25(30)28(38)40-15-39-27(37)23(34)13-21(31-26(36)22-14-24(35)33(3)32-22)11-17-7-9-18(10-8-17)19-5-4-6-20(29)12-19/h4-10,12,14,16,21,23,25,34-35H,11,13,15,30H2,1-3H3,(H,31,36)/t21-,23?,25+/m1/s1. The second-order valence-electron chi connectivity index (χ2n) is 9.66. The van der Waals surface area contributed by atoms with Crippen LogP contribution in [0.3, 0.4) is 0 Å². The van der Waals surface area contributed by atoms with Crippen molar-refractivity contribution in [3.05, 3.63) is 70.9 Å². The molecule has 1 aromatic heterocycles. The molecular formula is C28H33ClN4O7. The molecule has 3 aromatic rings. The topological polar surface area (TPSA) is 166 Å². The van der Waals surface area contributed by atoms with E-state index in [2.05, 4.69) is 10.4 Å². The van der Waals surface area contributed by atoms with Crippen molar-refractivity contribution in [1.82, 2.24) is 15.1 Å². The number of nitrogens with zero attached hydrogens (tertiary/aromatic N) is 2. The fourth-order valence-electron chi connectivity index (χ4n) is 3.78. The van der Waals surface area contributed by atoms with Crippen molar-refractivity contribution in [2.45, 2.75) is 44.9 Å². The van der Waals surface area contributed by atoms with Crippen molar-refractivity contribution >= 4 is 29.4 Å². The van der Waals surface area contributed by atoms with Crippen molar-refractivity contribution in [2.75, 3.05) is 6.79 Å². The van der Waals surface area contributed by atoms with Gasteiger partial charge in [-0.15, -0.1) is 0 Å². The minimum absolute atomic E-state index is 0.0354. The van der Waals surface area contributed by atoms with Gasteiger partial charge in [0.2, 0.25) is 12.7 Å². The highest BCUT2D eigenvalue weighted by Gasteiger charge is 2.26. The molecule has 0 aliphatic rings. The number of amides is 1. The third-order valence-electron chi connectivity index (χ3n) is 6.19. The van der Waals surface area contributed by atoms with Crippen LogP contribution in [-0.2, 0) is 32.5 Å². The summed E-state index contributed by atoms with van der Waals surface area (Å²) in [5.74, 6) is -2.74. The van der Waals surface area contributed by atoms with E-state index in [0.717, 1.165) is 21.4 Å². The molecule has 40 heavy (non-hydrogen) atoms. The van der Waals surface area contributed by atoms with Gasteiger partial charge in [-0.1, -0.05) is 61.8 Å². The summed E-state index contributed by atoms with van der Waals surface area (Å²) in [5.41, 5.74) is 8.35. The Balaban J connectivity index is 1.68. The molecular weight excluding hydrogens is 540 g/mol. The Labute approximate surface area is 236 Å². The number of halogens is 1. The summed E-state index contributed by atoms with van der Waals surface area (Å²) in [6, 6.07) is 14.5. The van der Waals surface area contributed by atoms with E-state index < -0.39 is 42.8 Å². The van der Waals surface area contributed by atoms with Crippen molar-refractivity contribution in [2.24, 2.45) is 18.7 Å². The first-order valence-corrected chi connectivity index (χ1v) is 13.0. The second-order valence-corrected chi connectivity index (χ2v) is 10.1. The van der Waals surface area contributed by atoms with Crippen molar-refractivity contribution in [3.8, 4) is 17.0 Å². The maximum absolute atomic E-state index is 12.8. The average molecular weight is 573 g/mol. The maximum atomic E-state index is 12.8. The highest BCUT2D eigenvalue weighted by Crippen LogP contribution is 2.23.